The summed E-state index contributed by atoms with van der Waals surface area (Å²) < 4.78 is 7.85. The van der Waals surface area contributed by atoms with Crippen LogP contribution in [-0.4, -0.2) is 17.1 Å². The van der Waals surface area contributed by atoms with Crippen LogP contribution < -0.4 is 10.5 Å². The predicted octanol–water partition coefficient (Wildman–Crippen LogP) is 4.07. The Labute approximate surface area is 162 Å². The number of nitriles is 1. The van der Waals surface area contributed by atoms with Gasteiger partial charge in [0.1, 0.15) is 24.0 Å². The zero-order chi connectivity index (χ0) is 19.4. The Bertz CT molecular complexity index is 1080. The molecule has 0 aliphatic rings. The van der Waals surface area contributed by atoms with Crippen LogP contribution in [0.4, 0.5) is 0 Å². The Morgan fingerprint density at radius 1 is 1.33 bits per heavy atom. The summed E-state index contributed by atoms with van der Waals surface area (Å²) >= 11 is 6.03. The summed E-state index contributed by atoms with van der Waals surface area (Å²) in [5, 5.41) is 10.7. The highest BCUT2D eigenvalue weighted by atomic mass is 35.5. The van der Waals surface area contributed by atoms with Crippen LogP contribution in [0.3, 0.4) is 0 Å². The Hall–Kier alpha value is -3.23. The number of benzene rings is 2. The summed E-state index contributed by atoms with van der Waals surface area (Å²) in [6.45, 7) is 3.00. The minimum Gasteiger partial charge on any atom is -0.492 e. The number of aromatic nitrogens is 1. The smallest absolute Gasteiger partial charge is 0.259 e. The van der Waals surface area contributed by atoms with E-state index in [2.05, 4.69) is 0 Å². The molecule has 0 radical (unpaired) electrons. The van der Waals surface area contributed by atoms with E-state index in [9.17, 15) is 4.79 Å². The van der Waals surface area contributed by atoms with E-state index < -0.39 is 5.91 Å². The standard InChI is InChI=1S/C21H18ClN3O2/c1-14-10-17(6-7-19(14)22)27-9-8-25-13-16(11-15(12-23)21(24)26)18-4-2-3-5-20(18)25/h2-7,10-11,13H,8-9H2,1H3,(H2,24,26). The van der Waals surface area contributed by atoms with E-state index in [1.165, 1.54) is 6.08 Å². The van der Waals surface area contributed by atoms with E-state index in [0.29, 0.717) is 18.2 Å². The molecule has 0 bridgehead atoms. The highest BCUT2D eigenvalue weighted by molar-refractivity contribution is 6.31. The molecule has 0 saturated heterocycles. The Morgan fingerprint density at radius 2 is 2.11 bits per heavy atom. The third kappa shape index (κ3) is 4.13. The van der Waals surface area contributed by atoms with E-state index in [1.807, 2.05) is 66.2 Å². The van der Waals surface area contributed by atoms with Gasteiger partial charge in [0.25, 0.3) is 5.91 Å². The van der Waals surface area contributed by atoms with Crippen LogP contribution >= 0.6 is 11.6 Å². The maximum atomic E-state index is 11.4. The van der Waals surface area contributed by atoms with E-state index in [-0.39, 0.29) is 5.57 Å². The van der Waals surface area contributed by atoms with E-state index >= 15 is 0 Å². The van der Waals surface area contributed by atoms with Crippen molar-refractivity contribution in [2.75, 3.05) is 6.61 Å². The van der Waals surface area contributed by atoms with Crippen LogP contribution in [0.25, 0.3) is 17.0 Å². The van der Waals surface area contributed by atoms with Crippen molar-refractivity contribution in [1.29, 1.82) is 5.26 Å². The monoisotopic (exact) mass is 379 g/mol. The number of nitrogens with zero attached hydrogens (tertiary/aromatic N) is 2. The molecule has 0 spiro atoms. The summed E-state index contributed by atoms with van der Waals surface area (Å²) in [6, 6.07) is 15.2. The third-order valence-electron chi connectivity index (χ3n) is 4.24. The molecule has 2 aromatic carbocycles. The molecule has 3 rings (SSSR count). The average molecular weight is 380 g/mol. The van der Waals surface area contributed by atoms with Crippen LogP contribution in [0.5, 0.6) is 5.75 Å². The molecule has 1 heterocycles. The summed E-state index contributed by atoms with van der Waals surface area (Å²) in [7, 11) is 0. The Kier molecular flexibility index (Phi) is 5.49. The van der Waals surface area contributed by atoms with Crippen molar-refractivity contribution in [3.8, 4) is 11.8 Å². The van der Waals surface area contributed by atoms with Gasteiger partial charge in [-0.25, -0.2) is 0 Å². The number of halogens is 1. The SMILES string of the molecule is Cc1cc(OCCn2cc(C=C(C#N)C(N)=O)c3ccccc32)ccc1Cl. The number of rotatable bonds is 6. The number of amides is 1. The second-order valence-corrected chi connectivity index (χ2v) is 6.50. The summed E-state index contributed by atoms with van der Waals surface area (Å²) in [6.07, 6.45) is 3.41. The van der Waals surface area contributed by atoms with Gasteiger partial charge in [-0.1, -0.05) is 29.8 Å². The number of carbonyl (C=O) groups is 1. The lowest BCUT2D eigenvalue weighted by Crippen LogP contribution is -2.12. The van der Waals surface area contributed by atoms with Gasteiger partial charge in [0.05, 0.1) is 6.54 Å². The van der Waals surface area contributed by atoms with E-state index in [0.717, 1.165) is 27.8 Å². The van der Waals surface area contributed by atoms with Crippen LogP contribution in [0, 0.1) is 18.3 Å². The van der Waals surface area contributed by atoms with Gasteiger partial charge in [-0.2, -0.15) is 5.26 Å². The molecular weight excluding hydrogens is 362 g/mol. The molecule has 5 nitrogen and oxygen atoms in total. The zero-order valence-electron chi connectivity index (χ0n) is 14.8. The van der Waals surface area contributed by atoms with Crippen molar-refractivity contribution in [2.45, 2.75) is 13.5 Å². The molecule has 0 atom stereocenters. The van der Waals surface area contributed by atoms with Crippen molar-refractivity contribution < 1.29 is 9.53 Å². The third-order valence-corrected chi connectivity index (χ3v) is 4.66. The summed E-state index contributed by atoms with van der Waals surface area (Å²) in [5.41, 5.74) is 7.89. The number of aryl methyl sites for hydroxylation is 1. The molecule has 0 saturated carbocycles. The minimum absolute atomic E-state index is 0.0780. The van der Waals surface area contributed by atoms with Gasteiger partial charge < -0.3 is 15.0 Å². The highest BCUT2D eigenvalue weighted by Crippen LogP contribution is 2.24. The average Bonchev–Trinajstić information content (AvgIpc) is 3.00. The fourth-order valence-corrected chi connectivity index (χ4v) is 2.98. The van der Waals surface area contributed by atoms with Crippen molar-refractivity contribution >= 4 is 34.5 Å². The Balaban J connectivity index is 1.83. The zero-order valence-corrected chi connectivity index (χ0v) is 15.5. The molecular formula is C21H18ClN3O2. The van der Waals surface area contributed by atoms with E-state index in [1.54, 1.807) is 0 Å². The highest BCUT2D eigenvalue weighted by Gasteiger charge is 2.10. The molecule has 27 heavy (non-hydrogen) atoms. The van der Waals surface area contributed by atoms with Gasteiger partial charge in [-0.15, -0.1) is 0 Å². The number of hydrogen-bond acceptors (Lipinski definition) is 3. The molecule has 6 heteroatoms. The van der Waals surface area contributed by atoms with Gasteiger partial charge in [0, 0.05) is 27.7 Å². The first-order valence-electron chi connectivity index (χ1n) is 8.38. The molecule has 0 aliphatic heterocycles. The second-order valence-electron chi connectivity index (χ2n) is 6.09. The molecule has 0 unspecified atom stereocenters. The number of nitrogens with two attached hydrogens (primary N) is 1. The molecule has 0 fully saturated rings. The van der Waals surface area contributed by atoms with Crippen LogP contribution in [0.15, 0.2) is 54.2 Å². The maximum absolute atomic E-state index is 11.4. The maximum Gasteiger partial charge on any atom is 0.259 e. The second kappa shape index (κ2) is 7.98. The number of ether oxygens (including phenoxy) is 1. The Morgan fingerprint density at radius 3 is 2.81 bits per heavy atom. The van der Waals surface area contributed by atoms with Gasteiger partial charge in [0.15, 0.2) is 0 Å². The first kappa shape index (κ1) is 18.6. The first-order valence-corrected chi connectivity index (χ1v) is 8.76. The largest absolute Gasteiger partial charge is 0.492 e. The van der Waals surface area contributed by atoms with Crippen LogP contribution in [-0.2, 0) is 11.3 Å². The predicted molar refractivity (Wildman–Crippen MR) is 106 cm³/mol. The van der Waals surface area contributed by atoms with Crippen molar-refractivity contribution in [3.05, 3.63) is 70.4 Å². The summed E-state index contributed by atoms with van der Waals surface area (Å²) in [5.74, 6) is 0.0183. The minimum atomic E-state index is -0.740. The quantitative estimate of drug-likeness (QED) is 0.517. The molecule has 1 aromatic heterocycles. The molecule has 3 aromatic rings. The van der Waals surface area contributed by atoms with Gasteiger partial charge in [-0.3, -0.25) is 4.79 Å². The van der Waals surface area contributed by atoms with Crippen LogP contribution in [0.2, 0.25) is 5.02 Å². The lowest BCUT2D eigenvalue weighted by molar-refractivity contribution is -0.114. The van der Waals surface area contributed by atoms with Gasteiger partial charge in [0.2, 0.25) is 0 Å². The number of primary amides is 1. The normalized spacial score (nSPS) is 11.4. The van der Waals surface area contributed by atoms with E-state index in [4.69, 9.17) is 27.3 Å². The van der Waals surface area contributed by atoms with Crippen LogP contribution in [0.1, 0.15) is 11.1 Å². The number of para-hydroxylation sites is 1. The fourth-order valence-electron chi connectivity index (χ4n) is 2.86. The van der Waals surface area contributed by atoms with Crippen molar-refractivity contribution in [3.63, 3.8) is 0 Å². The number of hydrogen-bond donors (Lipinski definition) is 1. The lowest BCUT2D eigenvalue weighted by atomic mass is 10.1. The summed E-state index contributed by atoms with van der Waals surface area (Å²) in [4.78, 5) is 11.4. The number of carbonyl (C=O) groups excluding carboxylic acids is 1. The number of fused-ring (bicyclic) bond motifs is 1. The molecule has 0 aliphatic carbocycles. The van der Waals surface area contributed by atoms with Gasteiger partial charge >= 0.3 is 0 Å². The first-order chi connectivity index (χ1) is 13.0. The van der Waals surface area contributed by atoms with Crippen molar-refractivity contribution in [2.24, 2.45) is 5.73 Å². The lowest BCUT2D eigenvalue weighted by Gasteiger charge is -2.09. The molecule has 1 amide bonds. The topological polar surface area (TPSA) is 81.0 Å². The molecule has 2 N–H and O–H groups in total. The van der Waals surface area contributed by atoms with Crippen molar-refractivity contribution in [1.82, 2.24) is 4.57 Å². The van der Waals surface area contributed by atoms with Gasteiger partial charge in [-0.05, 0) is 42.8 Å². The molecule has 136 valence electrons. The fraction of sp³-hybridized carbons (Fsp3) is 0.143.